The second-order valence-electron chi connectivity index (χ2n) is 4.95. The Morgan fingerprint density at radius 1 is 1.35 bits per heavy atom. The van der Waals surface area contributed by atoms with E-state index in [0.29, 0.717) is 12.0 Å². The predicted molar refractivity (Wildman–Crippen MR) is 71.4 cm³/mol. The molecule has 2 atom stereocenters. The molecule has 1 N–H and O–H groups in total. The summed E-state index contributed by atoms with van der Waals surface area (Å²) in [6.45, 7) is 6.23. The molecule has 0 radical (unpaired) electrons. The van der Waals surface area contributed by atoms with Crippen LogP contribution >= 0.6 is 11.6 Å². The lowest BCUT2D eigenvalue weighted by atomic mass is 9.95. The highest BCUT2D eigenvalue weighted by Gasteiger charge is 2.29. The first-order valence-corrected chi connectivity index (χ1v) is 6.65. The topological polar surface area (TPSA) is 21.3 Å². The largest absolute Gasteiger partial charge is 0.373 e. The third-order valence-corrected chi connectivity index (χ3v) is 3.45. The maximum Gasteiger partial charge on any atom is 0.0866 e. The number of benzene rings is 1. The molecule has 2 nitrogen and oxygen atoms in total. The molecular weight excluding hydrogens is 234 g/mol. The van der Waals surface area contributed by atoms with Crippen LogP contribution in [-0.2, 0) is 4.74 Å². The number of rotatable bonds is 4. The monoisotopic (exact) mass is 253 g/mol. The van der Waals surface area contributed by atoms with Crippen molar-refractivity contribution in [3.05, 3.63) is 34.9 Å². The molecule has 0 saturated carbocycles. The fourth-order valence-electron chi connectivity index (χ4n) is 2.25. The zero-order valence-corrected chi connectivity index (χ0v) is 11.2. The summed E-state index contributed by atoms with van der Waals surface area (Å²) >= 11 is 5.90. The second kappa shape index (κ2) is 5.85. The molecule has 1 heterocycles. The van der Waals surface area contributed by atoms with Crippen LogP contribution in [0.5, 0.6) is 0 Å². The summed E-state index contributed by atoms with van der Waals surface area (Å²) in [5.41, 5.74) is 1.24. The smallest absolute Gasteiger partial charge is 0.0866 e. The molecule has 0 aromatic heterocycles. The Balaban J connectivity index is 2.01. The van der Waals surface area contributed by atoms with E-state index in [1.54, 1.807) is 0 Å². The van der Waals surface area contributed by atoms with Crippen molar-refractivity contribution < 1.29 is 4.74 Å². The van der Waals surface area contributed by atoms with Crippen LogP contribution in [0.1, 0.15) is 31.9 Å². The Bertz CT molecular complexity index is 350. The minimum Gasteiger partial charge on any atom is -0.373 e. The van der Waals surface area contributed by atoms with Gasteiger partial charge in [-0.1, -0.05) is 37.6 Å². The molecule has 1 aromatic carbocycles. The Morgan fingerprint density at radius 3 is 2.71 bits per heavy atom. The average molecular weight is 254 g/mol. The summed E-state index contributed by atoms with van der Waals surface area (Å²) in [6, 6.07) is 8.54. The fourth-order valence-corrected chi connectivity index (χ4v) is 2.38. The molecule has 1 saturated heterocycles. The third kappa shape index (κ3) is 3.44. The predicted octanol–water partition coefficient (Wildman–Crippen LogP) is 3.42. The minimum absolute atomic E-state index is 0.221. The molecule has 17 heavy (non-hydrogen) atoms. The lowest BCUT2D eigenvalue weighted by Gasteiger charge is -2.20. The van der Waals surface area contributed by atoms with Crippen LogP contribution in [0.25, 0.3) is 0 Å². The van der Waals surface area contributed by atoms with Crippen molar-refractivity contribution >= 4 is 11.6 Å². The molecule has 0 spiro atoms. The fraction of sp³-hybridized carbons (Fsp3) is 0.571. The van der Waals surface area contributed by atoms with Crippen LogP contribution in [-0.4, -0.2) is 19.2 Å². The molecule has 1 aliphatic heterocycles. The summed E-state index contributed by atoms with van der Waals surface area (Å²) in [5, 5.41) is 4.27. The van der Waals surface area contributed by atoms with Gasteiger partial charge in [-0.05, 0) is 24.1 Å². The highest BCUT2D eigenvalue weighted by molar-refractivity contribution is 6.30. The molecule has 2 rings (SSSR count). The van der Waals surface area contributed by atoms with Gasteiger partial charge in [0.1, 0.15) is 0 Å². The molecule has 1 aliphatic rings. The van der Waals surface area contributed by atoms with Crippen LogP contribution in [0.2, 0.25) is 5.02 Å². The lowest BCUT2D eigenvalue weighted by molar-refractivity contribution is 0.0901. The quantitative estimate of drug-likeness (QED) is 0.888. The first-order chi connectivity index (χ1) is 8.16. The first kappa shape index (κ1) is 12.9. The lowest BCUT2D eigenvalue weighted by Crippen LogP contribution is -2.30. The van der Waals surface area contributed by atoms with Crippen LogP contribution in [0, 0.1) is 5.92 Å². The highest BCUT2D eigenvalue weighted by atomic mass is 35.5. The summed E-state index contributed by atoms with van der Waals surface area (Å²) in [7, 11) is 0. The van der Waals surface area contributed by atoms with Gasteiger partial charge in [-0.2, -0.15) is 0 Å². The normalized spacial score (nSPS) is 24.5. The maximum atomic E-state index is 5.90. The van der Waals surface area contributed by atoms with E-state index in [4.69, 9.17) is 16.3 Å². The summed E-state index contributed by atoms with van der Waals surface area (Å²) < 4.78 is 5.84. The van der Waals surface area contributed by atoms with Gasteiger partial charge in [-0.15, -0.1) is 0 Å². The molecule has 0 bridgehead atoms. The number of hydrogen-bond donors (Lipinski definition) is 1. The first-order valence-electron chi connectivity index (χ1n) is 6.27. The number of ether oxygens (including phenoxy) is 1. The van der Waals surface area contributed by atoms with Crippen LogP contribution in [0.4, 0.5) is 0 Å². The second-order valence-corrected chi connectivity index (χ2v) is 5.39. The summed E-state index contributed by atoms with van der Waals surface area (Å²) in [5.74, 6) is 0.568. The molecule has 0 amide bonds. The molecule has 94 valence electrons. The zero-order chi connectivity index (χ0) is 12.3. The van der Waals surface area contributed by atoms with E-state index < -0.39 is 0 Å². The van der Waals surface area contributed by atoms with Crippen molar-refractivity contribution in [2.45, 2.75) is 32.4 Å². The van der Waals surface area contributed by atoms with Gasteiger partial charge in [-0.3, -0.25) is 0 Å². The van der Waals surface area contributed by atoms with E-state index >= 15 is 0 Å². The SMILES string of the molecule is CC(C)NCC1CCOC1c1ccc(Cl)cc1. The Morgan fingerprint density at radius 2 is 2.06 bits per heavy atom. The van der Waals surface area contributed by atoms with Gasteiger partial charge in [-0.25, -0.2) is 0 Å². The zero-order valence-electron chi connectivity index (χ0n) is 10.4. The minimum atomic E-state index is 0.221. The van der Waals surface area contributed by atoms with E-state index in [0.717, 1.165) is 24.6 Å². The van der Waals surface area contributed by atoms with E-state index in [2.05, 4.69) is 31.3 Å². The Hall–Kier alpha value is -0.570. The van der Waals surface area contributed by atoms with Gasteiger partial charge < -0.3 is 10.1 Å². The highest BCUT2D eigenvalue weighted by Crippen LogP contribution is 2.34. The summed E-state index contributed by atoms with van der Waals surface area (Å²) in [6.07, 6.45) is 1.35. The molecule has 0 aliphatic carbocycles. The van der Waals surface area contributed by atoms with Gasteiger partial charge in [0.2, 0.25) is 0 Å². The van der Waals surface area contributed by atoms with E-state index in [1.807, 2.05) is 12.1 Å². The van der Waals surface area contributed by atoms with Gasteiger partial charge in [0, 0.05) is 30.1 Å². The molecule has 1 aromatic rings. The molecule has 3 heteroatoms. The Kier molecular flexibility index (Phi) is 4.43. The van der Waals surface area contributed by atoms with E-state index in [-0.39, 0.29) is 6.10 Å². The van der Waals surface area contributed by atoms with E-state index in [1.165, 1.54) is 5.56 Å². The van der Waals surface area contributed by atoms with Gasteiger partial charge in [0.15, 0.2) is 0 Å². The molecule has 1 fully saturated rings. The van der Waals surface area contributed by atoms with Gasteiger partial charge in [0.05, 0.1) is 6.10 Å². The van der Waals surface area contributed by atoms with Crippen molar-refractivity contribution in [2.24, 2.45) is 5.92 Å². The molecular formula is C14H20ClNO. The van der Waals surface area contributed by atoms with Crippen LogP contribution < -0.4 is 5.32 Å². The van der Waals surface area contributed by atoms with Crippen molar-refractivity contribution in [3.8, 4) is 0 Å². The third-order valence-electron chi connectivity index (χ3n) is 3.20. The van der Waals surface area contributed by atoms with E-state index in [9.17, 15) is 0 Å². The number of nitrogens with one attached hydrogen (secondary N) is 1. The van der Waals surface area contributed by atoms with Crippen molar-refractivity contribution in [1.29, 1.82) is 0 Å². The average Bonchev–Trinajstić information content (AvgIpc) is 2.75. The molecule has 2 unspecified atom stereocenters. The van der Waals surface area contributed by atoms with Gasteiger partial charge >= 0.3 is 0 Å². The van der Waals surface area contributed by atoms with Crippen LogP contribution in [0.3, 0.4) is 0 Å². The van der Waals surface area contributed by atoms with Crippen molar-refractivity contribution in [2.75, 3.05) is 13.2 Å². The number of hydrogen-bond acceptors (Lipinski definition) is 2. The van der Waals surface area contributed by atoms with Crippen molar-refractivity contribution in [3.63, 3.8) is 0 Å². The summed E-state index contributed by atoms with van der Waals surface area (Å²) in [4.78, 5) is 0. The van der Waals surface area contributed by atoms with Crippen LogP contribution in [0.15, 0.2) is 24.3 Å². The van der Waals surface area contributed by atoms with Crippen molar-refractivity contribution in [1.82, 2.24) is 5.32 Å². The standard InChI is InChI=1S/C14H20ClNO/c1-10(2)16-9-12-7-8-17-14(12)11-3-5-13(15)6-4-11/h3-6,10,12,14,16H,7-9H2,1-2H3. The number of halogens is 1. The van der Waals surface area contributed by atoms with Gasteiger partial charge in [0.25, 0.3) is 0 Å². The maximum absolute atomic E-state index is 5.90. The Labute approximate surface area is 108 Å².